The summed E-state index contributed by atoms with van der Waals surface area (Å²) in [7, 11) is 0. The van der Waals surface area contributed by atoms with Gasteiger partial charge >= 0.3 is 0 Å². The van der Waals surface area contributed by atoms with E-state index in [1.54, 1.807) is 11.0 Å². The van der Waals surface area contributed by atoms with Crippen LogP contribution in [0.25, 0.3) is 22.1 Å². The molecule has 0 spiro atoms. The lowest BCUT2D eigenvalue weighted by atomic mass is 9.35. The smallest absolute Gasteiger partial charge is 0.297 e. The molecule has 0 N–H and O–H groups in total. The van der Waals surface area contributed by atoms with Crippen LogP contribution in [0.4, 0.5) is 34.1 Å². The van der Waals surface area contributed by atoms with E-state index in [1.807, 2.05) is 95.9 Å². The Morgan fingerprint density at radius 1 is 0.750 bits per heavy atom. The first-order chi connectivity index (χ1) is 25.1. The lowest BCUT2D eigenvalue weighted by molar-refractivity contribution is 0.651. The predicted octanol–water partition coefficient (Wildman–Crippen LogP) is 7.45. The minimum atomic E-state index is -0.520. The summed E-state index contributed by atoms with van der Waals surface area (Å²) in [5.41, 5.74) is 5.83. The monoisotopic (exact) mass is 570 g/mol. The van der Waals surface area contributed by atoms with Gasteiger partial charge in [-0.15, -0.1) is 0 Å². The number of nitrogens with zero attached hydrogens (tertiary/aromatic N) is 4. The second kappa shape index (κ2) is 9.48. The van der Waals surface area contributed by atoms with E-state index in [2.05, 4.69) is 4.98 Å². The third-order valence-corrected chi connectivity index (χ3v) is 8.19. The Kier molecular flexibility index (Phi) is 3.84. The predicted molar refractivity (Wildman–Crippen MR) is 178 cm³/mol. The highest BCUT2D eigenvalue weighted by atomic mass is 16.3. The summed E-state index contributed by atoms with van der Waals surface area (Å²) in [5.74, 6) is 0. The number of hydrogen-bond acceptors (Lipinski definition) is 5. The van der Waals surface area contributed by atoms with Crippen molar-refractivity contribution in [1.29, 1.82) is 5.26 Å². The normalized spacial score (nSPS) is 15.4. The van der Waals surface area contributed by atoms with E-state index in [0.29, 0.717) is 39.3 Å². The van der Waals surface area contributed by atoms with Crippen LogP contribution in [-0.4, -0.2) is 11.7 Å². The molecule has 0 atom stereocenters. The number of anilines is 6. The topological polar surface area (TPSA) is 56.3 Å². The fourth-order valence-corrected chi connectivity index (χ4v) is 6.45. The molecule has 0 fully saturated rings. The molecular formula is C38H23BN4O. The third-order valence-electron chi connectivity index (χ3n) is 8.19. The molecule has 0 saturated carbocycles. The molecule has 2 aromatic heterocycles. The number of hydrogen-bond donors (Lipinski definition) is 0. The zero-order valence-corrected chi connectivity index (χ0v) is 22.9. The number of para-hydroxylation sites is 3. The van der Waals surface area contributed by atoms with Crippen LogP contribution in [-0.2, 0) is 0 Å². The Bertz CT molecular complexity index is 2700. The second-order valence-corrected chi connectivity index (χ2v) is 10.5. The number of rotatable bonds is 3. The summed E-state index contributed by atoms with van der Waals surface area (Å²) in [6.07, 6.45) is -0.855. The van der Waals surface area contributed by atoms with Crippen molar-refractivity contribution in [3.05, 3.63) is 145 Å². The third kappa shape index (κ3) is 3.50. The van der Waals surface area contributed by atoms with E-state index in [9.17, 15) is 5.26 Å². The van der Waals surface area contributed by atoms with Crippen molar-refractivity contribution < 1.29 is 15.4 Å². The maximum absolute atomic E-state index is 9.77. The van der Waals surface area contributed by atoms with E-state index in [0.717, 1.165) is 22.2 Å². The van der Waals surface area contributed by atoms with Gasteiger partial charge in [-0.25, -0.2) is 0 Å². The summed E-state index contributed by atoms with van der Waals surface area (Å²) >= 11 is 0. The molecular weight excluding hydrogens is 539 g/mol. The maximum Gasteiger partial charge on any atom is 0.297 e. The van der Waals surface area contributed by atoms with E-state index in [1.165, 1.54) is 0 Å². The SMILES string of the molecule is [2H]c1nc([2H])c(-c2cc3c4c(c2)N(c2ccccc2)c2c(oc5ccccc25)B4c2ccccc2N3c2c([2H])c([2H])c(C#N)c([2H])c2[2H])c([2H])c1[2H]. The number of furan rings is 1. The highest BCUT2D eigenvalue weighted by Crippen LogP contribution is 2.47. The van der Waals surface area contributed by atoms with Crippen molar-refractivity contribution in [2.75, 3.05) is 9.80 Å². The average Bonchev–Trinajstić information content (AvgIpc) is 3.53. The lowest BCUT2D eigenvalue weighted by Crippen LogP contribution is -2.61. The van der Waals surface area contributed by atoms with E-state index in [4.69, 9.17) is 15.4 Å². The molecule has 4 heterocycles. The first kappa shape index (κ1) is 17.8. The van der Waals surface area contributed by atoms with Crippen molar-refractivity contribution in [1.82, 2.24) is 4.98 Å². The molecule has 0 bridgehead atoms. The van der Waals surface area contributed by atoms with Crippen LogP contribution >= 0.6 is 0 Å². The van der Waals surface area contributed by atoms with Gasteiger partial charge in [-0.1, -0.05) is 54.6 Å². The van der Waals surface area contributed by atoms with E-state index < -0.39 is 43.1 Å². The number of nitriles is 1. The largest absolute Gasteiger partial charge is 0.468 e. The van der Waals surface area contributed by atoms with Gasteiger partial charge in [0.05, 0.1) is 33.9 Å². The molecule has 44 heavy (non-hydrogen) atoms. The van der Waals surface area contributed by atoms with Crippen LogP contribution in [0.3, 0.4) is 0 Å². The highest BCUT2D eigenvalue weighted by Gasteiger charge is 2.46. The summed E-state index contributed by atoms with van der Waals surface area (Å²) in [6.45, 7) is -0.520. The van der Waals surface area contributed by atoms with Crippen LogP contribution in [0.15, 0.2) is 144 Å². The average molecular weight is 570 g/mol. The molecule has 0 unspecified atom stereocenters. The van der Waals surface area contributed by atoms with Crippen LogP contribution in [0.5, 0.6) is 0 Å². The van der Waals surface area contributed by atoms with Crippen molar-refractivity contribution in [2.24, 2.45) is 0 Å². The quantitative estimate of drug-likeness (QED) is 0.207. The van der Waals surface area contributed by atoms with E-state index >= 15 is 0 Å². The van der Waals surface area contributed by atoms with Gasteiger partial charge in [0, 0.05) is 51.7 Å². The molecule has 7 aromatic rings. The Hall–Kier alpha value is -6.06. The van der Waals surface area contributed by atoms with Crippen LogP contribution in [0.1, 0.15) is 16.5 Å². The van der Waals surface area contributed by atoms with Crippen molar-refractivity contribution in [2.45, 2.75) is 0 Å². The van der Waals surface area contributed by atoms with Gasteiger partial charge in [-0.05, 0) is 89.2 Å². The van der Waals surface area contributed by atoms with Gasteiger partial charge in [-0.3, -0.25) is 4.98 Å². The molecule has 0 radical (unpaired) electrons. The summed E-state index contributed by atoms with van der Waals surface area (Å²) in [4.78, 5) is 7.67. The zero-order valence-electron chi connectivity index (χ0n) is 30.9. The first-order valence-electron chi connectivity index (χ1n) is 18.0. The summed E-state index contributed by atoms with van der Waals surface area (Å²) in [6, 6.07) is 27.6. The van der Waals surface area contributed by atoms with Gasteiger partial charge in [0.2, 0.25) is 0 Å². The number of benzene rings is 5. The molecule has 5 nitrogen and oxygen atoms in total. The van der Waals surface area contributed by atoms with Gasteiger partial charge in [0.1, 0.15) is 5.58 Å². The molecule has 0 aliphatic carbocycles. The number of fused-ring (bicyclic) bond motifs is 6. The molecule has 0 saturated heterocycles. The standard InChI is InChI=1S/C38H23BN4O/c40-23-25-16-18-29(19-17-25)42-32-14-6-5-13-31(32)39-36-33(42)21-27(26-9-8-20-41-24-26)22-34(36)43(28-10-2-1-3-11-28)37-30-12-4-7-15-35(30)44-38(37)39/h1-22,24H/i8D,9D,16D,17D,18D,19D,20D,24D. The fraction of sp³-hybridized carbons (Fsp3) is 0. The van der Waals surface area contributed by atoms with Crippen LogP contribution in [0, 0.1) is 11.3 Å². The zero-order chi connectivity index (χ0) is 36.2. The Labute approximate surface area is 266 Å². The summed E-state index contributed by atoms with van der Waals surface area (Å²) < 4.78 is 76.7. The Morgan fingerprint density at radius 2 is 1.50 bits per heavy atom. The highest BCUT2D eigenvalue weighted by molar-refractivity contribution is 7.00. The number of pyridine rings is 1. The van der Waals surface area contributed by atoms with Crippen LogP contribution < -0.4 is 26.4 Å². The van der Waals surface area contributed by atoms with Gasteiger partial charge in [0.15, 0.2) is 0 Å². The summed E-state index contributed by atoms with van der Waals surface area (Å²) in [5, 5.41) is 10.6. The molecule has 6 heteroatoms. The van der Waals surface area contributed by atoms with Crippen molar-refractivity contribution >= 4 is 68.4 Å². The van der Waals surface area contributed by atoms with Crippen LogP contribution in [0.2, 0.25) is 0 Å². The van der Waals surface area contributed by atoms with Crippen molar-refractivity contribution in [3.63, 3.8) is 0 Å². The van der Waals surface area contributed by atoms with Gasteiger partial charge in [-0.2, -0.15) is 5.26 Å². The number of aromatic nitrogens is 1. The molecule has 0 amide bonds. The minimum absolute atomic E-state index is 0.0191. The molecule has 204 valence electrons. The Morgan fingerprint density at radius 3 is 2.34 bits per heavy atom. The lowest BCUT2D eigenvalue weighted by Gasteiger charge is -2.42. The second-order valence-electron chi connectivity index (χ2n) is 10.5. The van der Waals surface area contributed by atoms with E-state index in [-0.39, 0.29) is 29.0 Å². The molecule has 5 aromatic carbocycles. The first-order valence-corrected chi connectivity index (χ1v) is 14.0. The maximum atomic E-state index is 9.77. The van der Waals surface area contributed by atoms with Gasteiger partial charge in [0.25, 0.3) is 6.71 Å². The molecule has 9 rings (SSSR count). The minimum Gasteiger partial charge on any atom is -0.468 e. The van der Waals surface area contributed by atoms with Crippen molar-refractivity contribution in [3.8, 4) is 17.2 Å². The van der Waals surface area contributed by atoms with Gasteiger partial charge < -0.3 is 14.2 Å². The Balaban J connectivity index is 1.49. The molecule has 2 aliphatic heterocycles. The molecule has 2 aliphatic rings. The fourth-order valence-electron chi connectivity index (χ4n) is 6.45.